The summed E-state index contributed by atoms with van der Waals surface area (Å²) in [5.41, 5.74) is 3.48. The average molecular weight is 295 g/mol. The Kier molecular flexibility index (Phi) is 4.26. The third-order valence-electron chi connectivity index (χ3n) is 3.43. The molecule has 0 saturated carbocycles. The molecule has 106 valence electrons. The number of hydrazone groups is 1. The molecule has 3 rings (SSSR count). The summed E-state index contributed by atoms with van der Waals surface area (Å²) in [4.78, 5) is 0. The van der Waals surface area contributed by atoms with Gasteiger partial charge in [-0.05, 0) is 23.3 Å². The van der Waals surface area contributed by atoms with Crippen molar-refractivity contribution >= 4 is 23.0 Å². The van der Waals surface area contributed by atoms with Crippen LogP contribution in [-0.4, -0.2) is 22.4 Å². The monoisotopic (exact) mass is 295 g/mol. The predicted molar refractivity (Wildman–Crippen MR) is 90.2 cm³/mol. The quantitative estimate of drug-likeness (QED) is 0.881. The molecule has 2 aromatic rings. The van der Waals surface area contributed by atoms with Crippen LogP contribution in [-0.2, 0) is 6.54 Å². The maximum absolute atomic E-state index is 5.42. The van der Waals surface area contributed by atoms with Crippen LogP contribution in [0.4, 0.5) is 0 Å². The number of nitrogens with zero attached hydrogens (tertiary/aromatic N) is 2. The van der Waals surface area contributed by atoms with E-state index in [4.69, 9.17) is 12.2 Å². The molecule has 0 atom stereocenters. The Morgan fingerprint density at radius 2 is 1.71 bits per heavy atom. The standard InChI is InChI=1S/C17H17N3S/c21-17(18-13-14-7-3-1-4-8-14)20-12-11-16(19-20)15-9-5-2-6-10-15/h1-10H,11-13H2,(H,18,21). The van der Waals surface area contributed by atoms with Gasteiger partial charge in [0.2, 0.25) is 0 Å². The summed E-state index contributed by atoms with van der Waals surface area (Å²) in [6, 6.07) is 20.5. The lowest BCUT2D eigenvalue weighted by atomic mass is 10.1. The summed E-state index contributed by atoms with van der Waals surface area (Å²) >= 11 is 5.42. The number of nitrogens with one attached hydrogen (secondary N) is 1. The van der Waals surface area contributed by atoms with Crippen LogP contribution in [0.25, 0.3) is 0 Å². The third kappa shape index (κ3) is 3.47. The van der Waals surface area contributed by atoms with Crippen LogP contribution in [0.1, 0.15) is 17.5 Å². The van der Waals surface area contributed by atoms with E-state index < -0.39 is 0 Å². The first-order chi connectivity index (χ1) is 10.3. The smallest absolute Gasteiger partial charge is 0.189 e. The van der Waals surface area contributed by atoms with E-state index in [2.05, 4.69) is 34.7 Å². The molecule has 0 radical (unpaired) electrons. The fourth-order valence-electron chi connectivity index (χ4n) is 2.30. The number of hydrogen-bond donors (Lipinski definition) is 1. The van der Waals surface area contributed by atoms with Crippen molar-refractivity contribution < 1.29 is 0 Å². The Hall–Kier alpha value is -2.20. The van der Waals surface area contributed by atoms with Crippen molar-refractivity contribution in [2.75, 3.05) is 6.54 Å². The van der Waals surface area contributed by atoms with E-state index in [0.717, 1.165) is 25.2 Å². The van der Waals surface area contributed by atoms with E-state index in [1.807, 2.05) is 41.4 Å². The summed E-state index contributed by atoms with van der Waals surface area (Å²) in [6.45, 7) is 1.57. The summed E-state index contributed by atoms with van der Waals surface area (Å²) in [6.07, 6.45) is 0.928. The van der Waals surface area contributed by atoms with Gasteiger partial charge in [0.25, 0.3) is 0 Å². The SMILES string of the molecule is S=C(NCc1ccccc1)N1CCC(c2ccccc2)=N1. The minimum atomic E-state index is 0.685. The highest BCUT2D eigenvalue weighted by Crippen LogP contribution is 2.13. The number of hydrogen-bond acceptors (Lipinski definition) is 2. The molecule has 0 spiro atoms. The molecule has 0 bridgehead atoms. The van der Waals surface area contributed by atoms with Crippen LogP contribution in [0.5, 0.6) is 0 Å². The second kappa shape index (κ2) is 6.50. The normalized spacial score (nSPS) is 13.9. The lowest BCUT2D eigenvalue weighted by molar-refractivity contribution is 0.479. The fraction of sp³-hybridized carbons (Fsp3) is 0.176. The van der Waals surface area contributed by atoms with Crippen molar-refractivity contribution in [2.24, 2.45) is 5.10 Å². The van der Waals surface area contributed by atoms with Crippen molar-refractivity contribution in [2.45, 2.75) is 13.0 Å². The molecule has 0 fully saturated rings. The molecule has 0 aromatic heterocycles. The van der Waals surface area contributed by atoms with Gasteiger partial charge in [-0.25, -0.2) is 5.01 Å². The van der Waals surface area contributed by atoms with Gasteiger partial charge in [0.05, 0.1) is 5.71 Å². The fourth-order valence-corrected chi connectivity index (χ4v) is 2.51. The van der Waals surface area contributed by atoms with Crippen LogP contribution in [0, 0.1) is 0 Å². The molecule has 1 N–H and O–H groups in total. The first kappa shape index (κ1) is 13.8. The molecule has 1 aliphatic heterocycles. The number of benzene rings is 2. The van der Waals surface area contributed by atoms with E-state index in [1.54, 1.807) is 0 Å². The molecular weight excluding hydrogens is 278 g/mol. The van der Waals surface area contributed by atoms with Gasteiger partial charge in [-0.1, -0.05) is 60.7 Å². The van der Waals surface area contributed by atoms with Gasteiger partial charge in [0.15, 0.2) is 5.11 Å². The summed E-state index contributed by atoms with van der Waals surface area (Å²) in [5.74, 6) is 0. The lowest BCUT2D eigenvalue weighted by Gasteiger charge is -2.16. The Labute approximate surface area is 130 Å². The van der Waals surface area contributed by atoms with E-state index in [1.165, 1.54) is 11.1 Å². The summed E-state index contributed by atoms with van der Waals surface area (Å²) < 4.78 is 0. The minimum Gasteiger partial charge on any atom is -0.357 e. The first-order valence-corrected chi connectivity index (χ1v) is 7.46. The van der Waals surface area contributed by atoms with Crippen LogP contribution >= 0.6 is 12.2 Å². The Balaban J connectivity index is 1.60. The van der Waals surface area contributed by atoms with Crippen LogP contribution < -0.4 is 5.32 Å². The van der Waals surface area contributed by atoms with Gasteiger partial charge in [-0.2, -0.15) is 5.10 Å². The Morgan fingerprint density at radius 3 is 2.43 bits per heavy atom. The highest BCUT2D eigenvalue weighted by Gasteiger charge is 2.18. The van der Waals surface area contributed by atoms with Crippen molar-refractivity contribution in [3.05, 3.63) is 71.8 Å². The highest BCUT2D eigenvalue weighted by molar-refractivity contribution is 7.80. The zero-order valence-electron chi connectivity index (χ0n) is 11.7. The lowest BCUT2D eigenvalue weighted by Crippen LogP contribution is -2.34. The molecule has 1 aliphatic rings. The van der Waals surface area contributed by atoms with Crippen LogP contribution in [0.2, 0.25) is 0 Å². The van der Waals surface area contributed by atoms with Crippen LogP contribution in [0.3, 0.4) is 0 Å². The molecule has 0 aliphatic carbocycles. The Bertz CT molecular complexity index is 638. The van der Waals surface area contributed by atoms with E-state index in [-0.39, 0.29) is 0 Å². The predicted octanol–water partition coefficient (Wildman–Crippen LogP) is 3.17. The molecule has 2 aromatic carbocycles. The molecule has 4 heteroatoms. The summed E-state index contributed by atoms with van der Waals surface area (Å²) in [5, 5.41) is 10.4. The first-order valence-electron chi connectivity index (χ1n) is 7.05. The van der Waals surface area contributed by atoms with Gasteiger partial charge in [-0.3, -0.25) is 0 Å². The largest absolute Gasteiger partial charge is 0.357 e. The molecule has 3 nitrogen and oxygen atoms in total. The molecule has 21 heavy (non-hydrogen) atoms. The highest BCUT2D eigenvalue weighted by atomic mass is 32.1. The van der Waals surface area contributed by atoms with Gasteiger partial charge < -0.3 is 5.32 Å². The average Bonchev–Trinajstić information content (AvgIpc) is 3.04. The maximum atomic E-state index is 5.42. The van der Waals surface area contributed by atoms with Gasteiger partial charge in [0.1, 0.15) is 0 Å². The van der Waals surface area contributed by atoms with Crippen molar-refractivity contribution in [1.82, 2.24) is 10.3 Å². The second-order valence-corrected chi connectivity index (χ2v) is 5.32. The van der Waals surface area contributed by atoms with Crippen LogP contribution in [0.15, 0.2) is 65.8 Å². The molecule has 0 unspecified atom stereocenters. The molecule has 1 heterocycles. The van der Waals surface area contributed by atoms with Gasteiger partial charge in [0, 0.05) is 19.5 Å². The molecule has 0 amide bonds. The van der Waals surface area contributed by atoms with Gasteiger partial charge >= 0.3 is 0 Å². The zero-order chi connectivity index (χ0) is 14.5. The van der Waals surface area contributed by atoms with E-state index in [0.29, 0.717) is 5.11 Å². The Morgan fingerprint density at radius 1 is 1.05 bits per heavy atom. The summed E-state index contributed by atoms with van der Waals surface area (Å²) in [7, 11) is 0. The molecule has 0 saturated heterocycles. The van der Waals surface area contributed by atoms with Crippen molar-refractivity contribution in [1.29, 1.82) is 0 Å². The number of thiocarbonyl (C=S) groups is 1. The van der Waals surface area contributed by atoms with E-state index in [9.17, 15) is 0 Å². The third-order valence-corrected chi connectivity index (χ3v) is 3.78. The number of rotatable bonds is 3. The van der Waals surface area contributed by atoms with Crippen molar-refractivity contribution in [3.63, 3.8) is 0 Å². The molecular formula is C17H17N3S. The topological polar surface area (TPSA) is 27.6 Å². The zero-order valence-corrected chi connectivity index (χ0v) is 12.5. The minimum absolute atomic E-state index is 0.685. The van der Waals surface area contributed by atoms with Crippen molar-refractivity contribution in [3.8, 4) is 0 Å². The second-order valence-electron chi connectivity index (χ2n) is 4.93. The van der Waals surface area contributed by atoms with E-state index >= 15 is 0 Å². The maximum Gasteiger partial charge on any atom is 0.189 e. The van der Waals surface area contributed by atoms with Gasteiger partial charge in [-0.15, -0.1) is 0 Å².